The summed E-state index contributed by atoms with van der Waals surface area (Å²) in [6.07, 6.45) is 0.0903. The Morgan fingerprint density at radius 2 is 1.55 bits per heavy atom. The molecule has 33 heavy (non-hydrogen) atoms. The van der Waals surface area contributed by atoms with Crippen molar-refractivity contribution in [1.82, 2.24) is 5.32 Å². The number of hydrogen-bond donors (Lipinski definition) is 3. The molecule has 0 radical (unpaired) electrons. The number of hydrogen-bond acceptors (Lipinski definition) is 5. The summed E-state index contributed by atoms with van der Waals surface area (Å²) in [4.78, 5) is 36.0. The third-order valence-corrected chi connectivity index (χ3v) is 6.03. The molecular weight excluding hydrogens is 423 g/mol. The molecule has 1 aliphatic rings. The average molecular weight is 452 g/mol. The zero-order chi connectivity index (χ0) is 24.4. The lowest BCUT2D eigenvalue weighted by Crippen LogP contribution is -2.42. The molecule has 1 saturated heterocycles. The van der Waals surface area contributed by atoms with E-state index in [0.717, 1.165) is 11.0 Å². The molecule has 1 heterocycles. The first-order valence-electron chi connectivity index (χ1n) is 10.7. The van der Waals surface area contributed by atoms with Crippen molar-refractivity contribution in [2.75, 3.05) is 5.32 Å². The van der Waals surface area contributed by atoms with Crippen LogP contribution in [0.4, 0.5) is 5.69 Å². The summed E-state index contributed by atoms with van der Waals surface area (Å²) >= 11 is 0. The number of amides is 2. The molecule has 3 N–H and O–H groups in total. The Morgan fingerprint density at radius 1 is 0.970 bits per heavy atom. The number of para-hydroxylation sites is 1. The highest BCUT2D eigenvalue weighted by Crippen LogP contribution is 2.36. The number of carboxylic acid groups (broad SMARTS) is 1. The van der Waals surface area contributed by atoms with Crippen molar-refractivity contribution in [2.45, 2.75) is 58.3 Å². The first-order chi connectivity index (χ1) is 15.4. The highest BCUT2D eigenvalue weighted by molar-refractivity contribution is 6.62. The molecule has 174 valence electrons. The van der Waals surface area contributed by atoms with Gasteiger partial charge in [-0.3, -0.25) is 9.59 Å². The molecule has 0 aliphatic carbocycles. The zero-order valence-corrected chi connectivity index (χ0v) is 19.5. The molecule has 0 bridgehead atoms. The van der Waals surface area contributed by atoms with E-state index < -0.39 is 36.2 Å². The molecule has 2 amide bonds. The minimum absolute atomic E-state index is 0.0903. The van der Waals surface area contributed by atoms with Crippen LogP contribution >= 0.6 is 0 Å². The second-order valence-corrected chi connectivity index (χ2v) is 9.13. The monoisotopic (exact) mass is 452 g/mol. The summed E-state index contributed by atoms with van der Waals surface area (Å²) < 4.78 is 12.1. The second-order valence-electron chi connectivity index (χ2n) is 9.13. The molecule has 2 aromatic carbocycles. The van der Waals surface area contributed by atoms with Crippen LogP contribution in [0.3, 0.4) is 0 Å². The van der Waals surface area contributed by atoms with Gasteiger partial charge in [-0.05, 0) is 50.9 Å². The fourth-order valence-corrected chi connectivity index (χ4v) is 3.44. The Kier molecular flexibility index (Phi) is 6.95. The summed E-state index contributed by atoms with van der Waals surface area (Å²) in [5.74, 6) is -2.07. The molecule has 8 nitrogen and oxygen atoms in total. The predicted molar refractivity (Wildman–Crippen MR) is 125 cm³/mol. The van der Waals surface area contributed by atoms with Crippen molar-refractivity contribution < 1.29 is 28.8 Å². The Balaban J connectivity index is 1.70. The van der Waals surface area contributed by atoms with Crippen LogP contribution in [0.15, 0.2) is 48.5 Å². The molecule has 2 aromatic rings. The van der Waals surface area contributed by atoms with Gasteiger partial charge in [0.05, 0.1) is 22.5 Å². The van der Waals surface area contributed by atoms with E-state index in [2.05, 4.69) is 10.6 Å². The van der Waals surface area contributed by atoms with E-state index in [1.54, 1.807) is 30.3 Å². The Morgan fingerprint density at radius 3 is 2.09 bits per heavy atom. The number of rotatable bonds is 7. The van der Waals surface area contributed by atoms with Gasteiger partial charge in [-0.2, -0.15) is 0 Å². The largest absolute Gasteiger partial charge is 0.494 e. The van der Waals surface area contributed by atoms with E-state index in [0.29, 0.717) is 5.69 Å². The number of carbonyl (C=O) groups is 3. The van der Waals surface area contributed by atoms with E-state index in [1.165, 1.54) is 13.0 Å². The van der Waals surface area contributed by atoms with E-state index in [-0.39, 0.29) is 17.9 Å². The number of anilines is 1. The third-order valence-electron chi connectivity index (χ3n) is 6.03. The van der Waals surface area contributed by atoms with Gasteiger partial charge >= 0.3 is 13.1 Å². The van der Waals surface area contributed by atoms with E-state index in [4.69, 9.17) is 9.31 Å². The molecule has 1 aliphatic heterocycles. The molecule has 0 aromatic heterocycles. The Labute approximate surface area is 193 Å². The molecule has 0 saturated carbocycles. The maximum Gasteiger partial charge on any atom is 0.494 e. The van der Waals surface area contributed by atoms with Gasteiger partial charge in [0, 0.05) is 13.3 Å². The van der Waals surface area contributed by atoms with Crippen LogP contribution in [0.25, 0.3) is 0 Å². The Bertz CT molecular complexity index is 1040. The zero-order valence-electron chi connectivity index (χ0n) is 19.5. The summed E-state index contributed by atoms with van der Waals surface area (Å²) in [6.45, 7) is 9.25. The van der Waals surface area contributed by atoms with Gasteiger partial charge in [-0.15, -0.1) is 0 Å². The highest BCUT2D eigenvalue weighted by atomic mass is 16.7. The smallest absolute Gasteiger partial charge is 0.480 e. The maximum absolute atomic E-state index is 12.7. The van der Waals surface area contributed by atoms with Crippen LogP contribution in [-0.4, -0.2) is 47.3 Å². The van der Waals surface area contributed by atoms with Crippen LogP contribution < -0.4 is 16.1 Å². The molecule has 1 atom stereocenters. The van der Waals surface area contributed by atoms with Gasteiger partial charge in [-0.1, -0.05) is 36.4 Å². The van der Waals surface area contributed by atoms with E-state index >= 15 is 0 Å². The van der Waals surface area contributed by atoms with Crippen LogP contribution in [0.5, 0.6) is 0 Å². The maximum atomic E-state index is 12.7. The first-order valence-corrected chi connectivity index (χ1v) is 10.7. The second kappa shape index (κ2) is 9.37. The highest BCUT2D eigenvalue weighted by Gasteiger charge is 2.51. The lowest BCUT2D eigenvalue weighted by atomic mass is 9.78. The van der Waals surface area contributed by atoms with Crippen LogP contribution in [0.2, 0.25) is 0 Å². The van der Waals surface area contributed by atoms with Gasteiger partial charge < -0.3 is 25.0 Å². The topological polar surface area (TPSA) is 114 Å². The van der Waals surface area contributed by atoms with Crippen molar-refractivity contribution in [2.24, 2.45) is 0 Å². The van der Waals surface area contributed by atoms with Gasteiger partial charge in [0.1, 0.15) is 6.04 Å². The van der Waals surface area contributed by atoms with E-state index in [1.807, 2.05) is 39.8 Å². The fraction of sp³-hybridized carbons (Fsp3) is 0.375. The Hall–Kier alpha value is -3.17. The molecule has 0 spiro atoms. The summed E-state index contributed by atoms with van der Waals surface area (Å²) in [7, 11) is -0.510. The van der Waals surface area contributed by atoms with Crippen molar-refractivity contribution >= 4 is 36.1 Å². The quantitative estimate of drug-likeness (QED) is 0.556. The van der Waals surface area contributed by atoms with Crippen LogP contribution in [0.1, 0.15) is 50.5 Å². The SMILES string of the molecule is CC(=O)Nc1ccccc1C(=O)N[C@H](Cc1ccc(B2OC(C)(C)C(C)(C)O2)cc1)C(=O)O. The van der Waals surface area contributed by atoms with E-state index in [9.17, 15) is 19.5 Å². The summed E-state index contributed by atoms with van der Waals surface area (Å²) in [5.41, 5.74) is 1.16. The summed E-state index contributed by atoms with van der Waals surface area (Å²) in [5, 5.41) is 14.8. The minimum Gasteiger partial charge on any atom is -0.480 e. The van der Waals surface area contributed by atoms with Crippen molar-refractivity contribution in [1.29, 1.82) is 0 Å². The normalized spacial score (nSPS) is 17.3. The van der Waals surface area contributed by atoms with Crippen LogP contribution in [-0.2, 0) is 25.3 Å². The van der Waals surface area contributed by atoms with Crippen molar-refractivity contribution in [3.05, 3.63) is 59.7 Å². The number of aliphatic carboxylic acids is 1. The first kappa shape index (κ1) is 24.5. The standard InChI is InChI=1S/C24H29BN2O6/c1-15(28)26-19-9-7-6-8-18(19)21(29)27-20(22(30)31)14-16-10-12-17(13-11-16)25-32-23(2,3)24(4,5)33-25/h6-13,20H,14H2,1-5H3,(H,26,28)(H,27,29)(H,30,31)/t20-/m1/s1. The lowest BCUT2D eigenvalue weighted by Gasteiger charge is -2.32. The molecule has 9 heteroatoms. The van der Waals surface area contributed by atoms with Gasteiger partial charge in [0.2, 0.25) is 5.91 Å². The predicted octanol–water partition coefficient (Wildman–Crippen LogP) is 2.37. The fourth-order valence-electron chi connectivity index (χ4n) is 3.44. The molecular formula is C24H29BN2O6. The number of carboxylic acids is 1. The minimum atomic E-state index is -1.16. The lowest BCUT2D eigenvalue weighted by molar-refractivity contribution is -0.139. The van der Waals surface area contributed by atoms with Crippen molar-refractivity contribution in [3.63, 3.8) is 0 Å². The number of nitrogens with one attached hydrogen (secondary N) is 2. The van der Waals surface area contributed by atoms with Crippen LogP contribution in [0, 0.1) is 0 Å². The molecule has 3 rings (SSSR count). The number of carbonyl (C=O) groups excluding carboxylic acids is 2. The van der Waals surface area contributed by atoms with Gasteiger partial charge in [-0.25, -0.2) is 4.79 Å². The molecule has 1 fully saturated rings. The van der Waals surface area contributed by atoms with Gasteiger partial charge in [0.15, 0.2) is 0 Å². The molecule has 0 unspecified atom stereocenters. The van der Waals surface area contributed by atoms with Gasteiger partial charge in [0.25, 0.3) is 5.91 Å². The van der Waals surface area contributed by atoms with Crippen molar-refractivity contribution in [3.8, 4) is 0 Å². The summed E-state index contributed by atoms with van der Waals surface area (Å²) in [6, 6.07) is 12.6. The third kappa shape index (κ3) is 5.61. The average Bonchev–Trinajstić information content (AvgIpc) is 2.95. The number of benzene rings is 2.